The van der Waals surface area contributed by atoms with Gasteiger partial charge >= 0.3 is 5.97 Å². The first-order valence-electron chi connectivity index (χ1n) is 5.81. The molecular formula is C14H12N2O2S. The van der Waals surface area contributed by atoms with E-state index in [4.69, 9.17) is 11.2 Å². The van der Waals surface area contributed by atoms with Gasteiger partial charge in [0.1, 0.15) is 5.69 Å². The summed E-state index contributed by atoms with van der Waals surface area (Å²) < 4.78 is 8.97. The summed E-state index contributed by atoms with van der Waals surface area (Å²) in [6, 6.07) is 9.44. The largest absolute Gasteiger partial charge is 0.461 e. The second-order valence-corrected chi connectivity index (χ2v) is 4.51. The van der Waals surface area contributed by atoms with Crippen LogP contribution in [0.3, 0.4) is 0 Å². The normalized spacial score (nSPS) is 9.84. The third kappa shape index (κ3) is 3.39. The summed E-state index contributed by atoms with van der Waals surface area (Å²) >= 11 is 1.04. The van der Waals surface area contributed by atoms with Crippen molar-refractivity contribution in [3.63, 3.8) is 0 Å². The molecule has 0 N–H and O–H groups in total. The number of carbonyl (C=O) groups is 1. The van der Waals surface area contributed by atoms with E-state index in [1.807, 2.05) is 30.3 Å². The second-order valence-electron chi connectivity index (χ2n) is 3.76. The number of benzene rings is 1. The number of carbonyl (C=O) groups excluding carboxylic acids is 1. The fraction of sp³-hybridized carbons (Fsp3) is 0.214. The summed E-state index contributed by atoms with van der Waals surface area (Å²) in [4.78, 5) is 12.3. The molecule has 19 heavy (non-hydrogen) atoms. The van der Waals surface area contributed by atoms with Crippen LogP contribution in [0.25, 0.3) is 11.3 Å². The molecule has 0 aliphatic heterocycles. The molecule has 2 aromatic rings. The first-order valence-corrected chi connectivity index (χ1v) is 6.58. The van der Waals surface area contributed by atoms with Gasteiger partial charge < -0.3 is 4.74 Å². The Morgan fingerprint density at radius 3 is 2.89 bits per heavy atom. The van der Waals surface area contributed by atoms with Crippen molar-refractivity contribution in [1.29, 1.82) is 0 Å². The van der Waals surface area contributed by atoms with Crippen molar-refractivity contribution < 1.29 is 9.53 Å². The van der Waals surface area contributed by atoms with E-state index in [0.717, 1.165) is 17.1 Å². The summed E-state index contributed by atoms with van der Waals surface area (Å²) in [5, 5.41) is 3.99. The van der Waals surface area contributed by atoms with Gasteiger partial charge in [0.25, 0.3) is 0 Å². The Morgan fingerprint density at radius 1 is 1.37 bits per heavy atom. The van der Waals surface area contributed by atoms with Crippen LogP contribution in [0.2, 0.25) is 0 Å². The highest BCUT2D eigenvalue weighted by Gasteiger charge is 2.18. The molecule has 0 saturated heterocycles. The highest BCUT2D eigenvalue weighted by Crippen LogP contribution is 2.24. The quantitative estimate of drug-likeness (QED) is 0.477. The molecule has 0 unspecified atom stereocenters. The number of ether oxygens (including phenoxy) is 1. The third-order valence-corrected chi connectivity index (χ3v) is 3.13. The van der Waals surface area contributed by atoms with E-state index in [1.165, 1.54) is 0 Å². The molecule has 0 bridgehead atoms. The molecule has 1 aromatic heterocycles. The topological polar surface area (TPSA) is 52.1 Å². The molecule has 0 amide bonds. The zero-order valence-corrected chi connectivity index (χ0v) is 11.0. The number of unbranched alkanes of at least 4 members (excludes halogenated alkanes) is 1. The summed E-state index contributed by atoms with van der Waals surface area (Å²) in [5.41, 5.74) is 1.42. The summed E-state index contributed by atoms with van der Waals surface area (Å²) in [7, 11) is 0. The van der Waals surface area contributed by atoms with Crippen LogP contribution < -0.4 is 0 Å². The Bertz CT molecular complexity index is 587. The lowest BCUT2D eigenvalue weighted by Crippen LogP contribution is -2.06. The molecule has 0 spiro atoms. The molecule has 0 fully saturated rings. The standard InChI is InChI=1S/C14H12N2O2S/c1-2-3-7-10-18-14(17)13-12(15-16-19-13)11-8-5-4-6-9-11/h1,4-6,8-9H,3,7,10H2. The van der Waals surface area contributed by atoms with Gasteiger partial charge in [0.15, 0.2) is 4.88 Å². The number of hydrogen-bond donors (Lipinski definition) is 0. The number of nitrogens with zero attached hydrogens (tertiary/aromatic N) is 2. The molecule has 0 aliphatic rings. The molecule has 1 aromatic carbocycles. The van der Waals surface area contributed by atoms with E-state index in [2.05, 4.69) is 15.5 Å². The van der Waals surface area contributed by atoms with Crippen LogP contribution in [0.4, 0.5) is 0 Å². The highest BCUT2D eigenvalue weighted by atomic mass is 32.1. The number of hydrogen-bond acceptors (Lipinski definition) is 5. The van der Waals surface area contributed by atoms with Crippen molar-refractivity contribution in [1.82, 2.24) is 9.59 Å². The van der Waals surface area contributed by atoms with Gasteiger partial charge in [-0.2, -0.15) is 0 Å². The van der Waals surface area contributed by atoms with E-state index in [-0.39, 0.29) is 0 Å². The molecule has 0 radical (unpaired) electrons. The smallest absolute Gasteiger partial charge is 0.352 e. The first kappa shape index (κ1) is 13.2. The van der Waals surface area contributed by atoms with E-state index in [1.54, 1.807) is 0 Å². The van der Waals surface area contributed by atoms with Crippen molar-refractivity contribution in [3.8, 4) is 23.6 Å². The van der Waals surface area contributed by atoms with Crippen LogP contribution in [0.1, 0.15) is 22.5 Å². The Kier molecular flexibility index (Phi) is 4.65. The summed E-state index contributed by atoms with van der Waals surface area (Å²) in [6.07, 6.45) is 6.39. The Labute approximate surface area is 115 Å². The zero-order valence-electron chi connectivity index (χ0n) is 10.2. The van der Waals surface area contributed by atoms with Gasteiger partial charge in [-0.25, -0.2) is 4.79 Å². The van der Waals surface area contributed by atoms with Crippen molar-refractivity contribution in [2.45, 2.75) is 12.8 Å². The van der Waals surface area contributed by atoms with Gasteiger partial charge in [-0.15, -0.1) is 17.4 Å². The van der Waals surface area contributed by atoms with Crippen LogP contribution in [0.15, 0.2) is 30.3 Å². The van der Waals surface area contributed by atoms with Gasteiger partial charge in [-0.1, -0.05) is 34.8 Å². The van der Waals surface area contributed by atoms with Crippen molar-refractivity contribution in [3.05, 3.63) is 35.2 Å². The predicted molar refractivity (Wildman–Crippen MR) is 73.7 cm³/mol. The SMILES string of the molecule is C#CCCCOC(=O)c1snnc1-c1ccccc1. The van der Waals surface area contributed by atoms with E-state index in [9.17, 15) is 4.79 Å². The average Bonchev–Trinajstić information content (AvgIpc) is 2.94. The van der Waals surface area contributed by atoms with Crippen LogP contribution >= 0.6 is 11.5 Å². The zero-order chi connectivity index (χ0) is 13.5. The minimum absolute atomic E-state index is 0.315. The molecule has 4 nitrogen and oxygen atoms in total. The maximum absolute atomic E-state index is 11.9. The lowest BCUT2D eigenvalue weighted by Gasteiger charge is -2.02. The molecule has 96 valence electrons. The molecule has 1 heterocycles. The highest BCUT2D eigenvalue weighted by molar-refractivity contribution is 7.08. The number of esters is 1. The number of aromatic nitrogens is 2. The van der Waals surface area contributed by atoms with E-state index in [0.29, 0.717) is 30.0 Å². The molecule has 5 heteroatoms. The third-order valence-electron chi connectivity index (χ3n) is 2.42. The van der Waals surface area contributed by atoms with Crippen LogP contribution in [0.5, 0.6) is 0 Å². The summed E-state index contributed by atoms with van der Waals surface area (Å²) in [6.45, 7) is 0.315. The maximum atomic E-state index is 11.9. The van der Waals surface area contributed by atoms with E-state index >= 15 is 0 Å². The number of rotatable bonds is 5. The Balaban J connectivity index is 2.08. The maximum Gasteiger partial charge on any atom is 0.352 e. The van der Waals surface area contributed by atoms with Gasteiger partial charge in [0.2, 0.25) is 0 Å². The minimum Gasteiger partial charge on any atom is -0.461 e. The van der Waals surface area contributed by atoms with Gasteiger partial charge in [-0.05, 0) is 18.0 Å². The van der Waals surface area contributed by atoms with Crippen molar-refractivity contribution >= 4 is 17.5 Å². The van der Waals surface area contributed by atoms with Gasteiger partial charge in [-0.3, -0.25) is 0 Å². The fourth-order valence-electron chi connectivity index (χ4n) is 1.51. The van der Waals surface area contributed by atoms with Crippen LogP contribution in [-0.2, 0) is 4.74 Å². The minimum atomic E-state index is -0.397. The lowest BCUT2D eigenvalue weighted by molar-refractivity contribution is 0.0508. The van der Waals surface area contributed by atoms with Gasteiger partial charge in [0, 0.05) is 12.0 Å². The molecule has 0 saturated carbocycles. The predicted octanol–water partition coefficient (Wildman–Crippen LogP) is 2.78. The Hall–Kier alpha value is -2.19. The van der Waals surface area contributed by atoms with Crippen molar-refractivity contribution in [2.24, 2.45) is 0 Å². The molecule has 0 atom stereocenters. The average molecular weight is 272 g/mol. The van der Waals surface area contributed by atoms with Crippen molar-refractivity contribution in [2.75, 3.05) is 6.61 Å². The van der Waals surface area contributed by atoms with Gasteiger partial charge in [0.05, 0.1) is 6.61 Å². The van der Waals surface area contributed by atoms with Crippen LogP contribution in [-0.4, -0.2) is 22.2 Å². The monoisotopic (exact) mass is 272 g/mol. The Morgan fingerprint density at radius 2 is 2.16 bits per heavy atom. The fourth-order valence-corrected chi connectivity index (χ4v) is 2.10. The summed E-state index contributed by atoms with van der Waals surface area (Å²) in [5.74, 6) is 2.10. The lowest BCUT2D eigenvalue weighted by atomic mass is 10.1. The molecule has 2 rings (SSSR count). The first-order chi connectivity index (χ1) is 9.33. The second kappa shape index (κ2) is 6.66. The van der Waals surface area contributed by atoms with E-state index < -0.39 is 5.97 Å². The number of terminal acetylenes is 1. The van der Waals surface area contributed by atoms with Crippen LogP contribution in [0, 0.1) is 12.3 Å². The molecular weight excluding hydrogens is 260 g/mol. The molecule has 0 aliphatic carbocycles.